The van der Waals surface area contributed by atoms with Crippen molar-refractivity contribution in [2.45, 2.75) is 5.03 Å². The number of nitrogens with zero attached hydrogens (tertiary/aromatic N) is 3. The molecule has 0 spiro atoms. The number of para-hydroxylation sites is 2. The third kappa shape index (κ3) is 3.43. The molecule has 3 rings (SSSR count). The lowest BCUT2D eigenvalue weighted by atomic mass is 10.3. The van der Waals surface area contributed by atoms with E-state index in [1.54, 1.807) is 11.8 Å². The molecule has 5 heteroatoms. The summed E-state index contributed by atoms with van der Waals surface area (Å²) in [6, 6.07) is 7.99. The van der Waals surface area contributed by atoms with E-state index in [-0.39, 0.29) is 0 Å². The largest absolute Gasteiger partial charge is 0.379 e. The van der Waals surface area contributed by atoms with Gasteiger partial charge in [-0.15, -0.1) is 11.8 Å². The van der Waals surface area contributed by atoms with Crippen LogP contribution in [0.3, 0.4) is 0 Å². The Hall–Kier alpha value is -1.17. The summed E-state index contributed by atoms with van der Waals surface area (Å²) in [5.74, 6) is 1.05. The molecule has 0 N–H and O–H groups in total. The maximum atomic E-state index is 5.34. The minimum absolute atomic E-state index is 0.862. The van der Waals surface area contributed by atoms with Crippen LogP contribution in [-0.2, 0) is 4.74 Å². The average molecular weight is 275 g/mol. The van der Waals surface area contributed by atoms with Crippen LogP contribution in [-0.4, -0.2) is 53.5 Å². The van der Waals surface area contributed by atoms with Gasteiger partial charge in [0.1, 0.15) is 5.03 Å². The Morgan fingerprint density at radius 2 is 1.95 bits per heavy atom. The minimum Gasteiger partial charge on any atom is -0.379 e. The van der Waals surface area contributed by atoms with Gasteiger partial charge in [0.15, 0.2) is 0 Å². The highest BCUT2D eigenvalue weighted by atomic mass is 32.2. The number of thioether (sulfide) groups is 1. The molecule has 19 heavy (non-hydrogen) atoms. The molecule has 0 aliphatic carbocycles. The number of hydrogen-bond acceptors (Lipinski definition) is 5. The molecule has 0 saturated carbocycles. The second kappa shape index (κ2) is 6.32. The van der Waals surface area contributed by atoms with E-state index in [9.17, 15) is 0 Å². The Labute approximate surface area is 117 Å². The lowest BCUT2D eigenvalue weighted by Gasteiger charge is -2.26. The molecule has 0 unspecified atom stereocenters. The van der Waals surface area contributed by atoms with Crippen molar-refractivity contribution in [2.75, 3.05) is 38.6 Å². The molecule has 1 aliphatic heterocycles. The van der Waals surface area contributed by atoms with Gasteiger partial charge in [-0.1, -0.05) is 12.1 Å². The standard InChI is InChI=1S/C14H17N3OS/c1-2-4-13-12(3-1)15-11-14(16-13)19-10-7-17-5-8-18-9-6-17/h1-4,11H,5-10H2. The van der Waals surface area contributed by atoms with Gasteiger partial charge >= 0.3 is 0 Å². The van der Waals surface area contributed by atoms with Crippen molar-refractivity contribution in [3.05, 3.63) is 30.5 Å². The fourth-order valence-electron chi connectivity index (χ4n) is 2.11. The number of aromatic nitrogens is 2. The van der Waals surface area contributed by atoms with Crippen molar-refractivity contribution in [1.29, 1.82) is 0 Å². The molecule has 4 nitrogen and oxygen atoms in total. The monoisotopic (exact) mass is 275 g/mol. The van der Waals surface area contributed by atoms with Crippen LogP contribution < -0.4 is 0 Å². The van der Waals surface area contributed by atoms with E-state index in [0.717, 1.165) is 54.7 Å². The van der Waals surface area contributed by atoms with E-state index in [0.29, 0.717) is 0 Å². The van der Waals surface area contributed by atoms with Gasteiger partial charge in [-0.25, -0.2) is 4.98 Å². The van der Waals surface area contributed by atoms with Crippen molar-refractivity contribution in [3.8, 4) is 0 Å². The van der Waals surface area contributed by atoms with Crippen LogP contribution in [0.5, 0.6) is 0 Å². The SMILES string of the molecule is c1ccc2nc(SCCN3CCOCC3)cnc2c1. The van der Waals surface area contributed by atoms with Crippen molar-refractivity contribution in [1.82, 2.24) is 14.9 Å². The smallest absolute Gasteiger partial charge is 0.115 e. The zero-order valence-electron chi connectivity index (χ0n) is 10.8. The van der Waals surface area contributed by atoms with Gasteiger partial charge in [0.25, 0.3) is 0 Å². The molecule has 0 radical (unpaired) electrons. The number of ether oxygens (including phenoxy) is 1. The molecule has 0 bridgehead atoms. The average Bonchev–Trinajstić information content (AvgIpc) is 2.48. The predicted octanol–water partition coefficient (Wildman–Crippen LogP) is 2.05. The van der Waals surface area contributed by atoms with Gasteiger partial charge in [0.05, 0.1) is 30.4 Å². The third-order valence-electron chi connectivity index (χ3n) is 3.19. The molecule has 100 valence electrons. The van der Waals surface area contributed by atoms with E-state index in [2.05, 4.69) is 14.9 Å². The molecule has 0 amide bonds. The molecule has 0 atom stereocenters. The van der Waals surface area contributed by atoms with Crippen LogP contribution in [0.1, 0.15) is 0 Å². The maximum absolute atomic E-state index is 5.34. The lowest BCUT2D eigenvalue weighted by molar-refractivity contribution is 0.0410. The molecule has 1 fully saturated rings. The van der Waals surface area contributed by atoms with E-state index < -0.39 is 0 Å². The molecule has 1 aliphatic rings. The Balaban J connectivity index is 1.56. The van der Waals surface area contributed by atoms with Crippen LogP contribution in [0.2, 0.25) is 0 Å². The van der Waals surface area contributed by atoms with Crippen LogP contribution in [0, 0.1) is 0 Å². The van der Waals surface area contributed by atoms with Gasteiger partial charge < -0.3 is 4.74 Å². The Morgan fingerprint density at radius 3 is 2.79 bits per heavy atom. The van der Waals surface area contributed by atoms with E-state index in [1.165, 1.54) is 0 Å². The quantitative estimate of drug-likeness (QED) is 0.799. The first-order valence-electron chi connectivity index (χ1n) is 6.56. The van der Waals surface area contributed by atoms with Crippen molar-refractivity contribution >= 4 is 22.8 Å². The maximum Gasteiger partial charge on any atom is 0.115 e. The van der Waals surface area contributed by atoms with Crippen molar-refractivity contribution < 1.29 is 4.74 Å². The Kier molecular flexibility index (Phi) is 4.27. The lowest BCUT2D eigenvalue weighted by Crippen LogP contribution is -2.37. The first-order valence-corrected chi connectivity index (χ1v) is 7.55. The first-order chi connectivity index (χ1) is 9.42. The van der Waals surface area contributed by atoms with Gasteiger partial charge in [0.2, 0.25) is 0 Å². The highest BCUT2D eigenvalue weighted by Gasteiger charge is 2.09. The van der Waals surface area contributed by atoms with Crippen LogP contribution >= 0.6 is 11.8 Å². The molecule has 2 aromatic rings. The number of rotatable bonds is 4. The Morgan fingerprint density at radius 1 is 1.16 bits per heavy atom. The van der Waals surface area contributed by atoms with Gasteiger partial charge in [-0.05, 0) is 12.1 Å². The second-order valence-corrected chi connectivity index (χ2v) is 5.61. The molecule has 1 aromatic carbocycles. The number of hydrogen-bond donors (Lipinski definition) is 0. The summed E-state index contributed by atoms with van der Waals surface area (Å²) in [5, 5.41) is 1.01. The number of benzene rings is 1. The first kappa shape index (κ1) is 12.8. The van der Waals surface area contributed by atoms with Crippen molar-refractivity contribution in [3.63, 3.8) is 0 Å². The van der Waals surface area contributed by atoms with Crippen LogP contribution in [0.25, 0.3) is 11.0 Å². The zero-order chi connectivity index (χ0) is 12.9. The summed E-state index contributed by atoms with van der Waals surface area (Å²) >= 11 is 1.77. The molecule has 2 heterocycles. The fraction of sp³-hybridized carbons (Fsp3) is 0.429. The van der Waals surface area contributed by atoms with Crippen LogP contribution in [0.4, 0.5) is 0 Å². The normalized spacial score (nSPS) is 16.8. The topological polar surface area (TPSA) is 38.2 Å². The minimum atomic E-state index is 0.862. The summed E-state index contributed by atoms with van der Waals surface area (Å²) < 4.78 is 5.34. The number of morpholine rings is 1. The summed E-state index contributed by atoms with van der Waals surface area (Å²) in [6.07, 6.45) is 1.87. The van der Waals surface area contributed by atoms with E-state index in [4.69, 9.17) is 4.74 Å². The molecule has 1 aromatic heterocycles. The van der Waals surface area contributed by atoms with Gasteiger partial charge in [-0.2, -0.15) is 0 Å². The Bertz CT molecular complexity index is 543. The zero-order valence-corrected chi connectivity index (χ0v) is 11.6. The highest BCUT2D eigenvalue weighted by molar-refractivity contribution is 7.99. The molecule has 1 saturated heterocycles. The summed E-state index contributed by atoms with van der Waals surface area (Å²) in [4.78, 5) is 11.5. The van der Waals surface area contributed by atoms with E-state index in [1.807, 2.05) is 30.5 Å². The van der Waals surface area contributed by atoms with E-state index >= 15 is 0 Å². The van der Waals surface area contributed by atoms with Crippen LogP contribution in [0.15, 0.2) is 35.5 Å². The predicted molar refractivity (Wildman–Crippen MR) is 77.5 cm³/mol. The second-order valence-electron chi connectivity index (χ2n) is 4.50. The van der Waals surface area contributed by atoms with Gasteiger partial charge in [-0.3, -0.25) is 9.88 Å². The number of fused-ring (bicyclic) bond motifs is 1. The fourth-order valence-corrected chi connectivity index (χ4v) is 2.96. The third-order valence-corrected chi connectivity index (χ3v) is 4.07. The summed E-state index contributed by atoms with van der Waals surface area (Å²) in [5.41, 5.74) is 1.93. The van der Waals surface area contributed by atoms with Crippen molar-refractivity contribution in [2.24, 2.45) is 0 Å². The molecular formula is C14H17N3OS. The highest BCUT2D eigenvalue weighted by Crippen LogP contribution is 2.17. The molecular weight excluding hydrogens is 258 g/mol. The summed E-state index contributed by atoms with van der Waals surface area (Å²) in [6.45, 7) is 4.90. The summed E-state index contributed by atoms with van der Waals surface area (Å²) in [7, 11) is 0. The van der Waals surface area contributed by atoms with Gasteiger partial charge in [0, 0.05) is 25.4 Å².